The number of amides is 1. The predicted octanol–water partition coefficient (Wildman–Crippen LogP) is 2.63. The van der Waals surface area contributed by atoms with Gasteiger partial charge in [0.15, 0.2) is 11.5 Å². The van der Waals surface area contributed by atoms with Gasteiger partial charge in [0.25, 0.3) is 0 Å². The molecule has 0 aromatic heterocycles. The third-order valence-electron chi connectivity index (χ3n) is 4.39. The van der Waals surface area contributed by atoms with Crippen molar-refractivity contribution < 1.29 is 31.5 Å². The van der Waals surface area contributed by atoms with Crippen LogP contribution in [0.2, 0.25) is 0 Å². The molecule has 1 fully saturated rings. The molecule has 0 spiro atoms. The molecule has 162 valence electrons. The largest absolute Gasteiger partial charge is 0.490 e. The van der Waals surface area contributed by atoms with Crippen molar-refractivity contribution in [2.24, 2.45) is 0 Å². The second kappa shape index (κ2) is 10.5. The molecule has 1 aliphatic rings. The Hall–Kier alpha value is -2.20. The summed E-state index contributed by atoms with van der Waals surface area (Å²) in [6, 6.07) is 4.21. The first-order valence-corrected chi connectivity index (χ1v) is 11.2. The van der Waals surface area contributed by atoms with Crippen LogP contribution in [0.25, 0.3) is 6.08 Å². The normalized spacial score (nSPS) is 17.7. The summed E-state index contributed by atoms with van der Waals surface area (Å²) in [5.41, 5.74) is 0.589. The van der Waals surface area contributed by atoms with Gasteiger partial charge in [-0.15, -0.1) is 0 Å². The molecule has 1 atom stereocenters. The minimum atomic E-state index is -3.34. The third kappa shape index (κ3) is 7.62. The van der Waals surface area contributed by atoms with Crippen molar-refractivity contribution in [1.29, 1.82) is 0 Å². The highest BCUT2D eigenvalue weighted by Gasteiger charge is 2.26. The van der Waals surface area contributed by atoms with Gasteiger partial charge >= 0.3 is 6.61 Å². The van der Waals surface area contributed by atoms with Gasteiger partial charge in [0.2, 0.25) is 15.9 Å². The number of hydrogen-bond donors (Lipinski definition) is 1. The monoisotopic (exact) mass is 432 g/mol. The van der Waals surface area contributed by atoms with Crippen LogP contribution in [0.5, 0.6) is 11.5 Å². The van der Waals surface area contributed by atoms with Gasteiger partial charge in [-0.3, -0.25) is 4.79 Å². The van der Waals surface area contributed by atoms with E-state index in [0.29, 0.717) is 12.1 Å². The number of hydrogen-bond acceptors (Lipinski definition) is 5. The molecule has 0 bridgehead atoms. The fourth-order valence-corrected chi connectivity index (χ4v) is 3.60. The second-order valence-corrected chi connectivity index (χ2v) is 8.49. The highest BCUT2D eigenvalue weighted by atomic mass is 32.2. The van der Waals surface area contributed by atoms with E-state index in [-0.39, 0.29) is 36.6 Å². The first kappa shape index (κ1) is 23.1. The van der Waals surface area contributed by atoms with Crippen molar-refractivity contribution in [2.45, 2.75) is 38.8 Å². The number of carbonyl (C=O) groups is 1. The van der Waals surface area contributed by atoms with Crippen molar-refractivity contribution in [3.8, 4) is 11.5 Å². The molecular formula is C19H26F2N2O5S. The zero-order valence-corrected chi connectivity index (χ0v) is 17.3. The Morgan fingerprint density at radius 3 is 2.76 bits per heavy atom. The molecule has 2 rings (SSSR count). The topological polar surface area (TPSA) is 84.9 Å². The quantitative estimate of drug-likeness (QED) is 0.607. The minimum Gasteiger partial charge on any atom is -0.490 e. The van der Waals surface area contributed by atoms with Crippen LogP contribution in [0.4, 0.5) is 8.78 Å². The van der Waals surface area contributed by atoms with Crippen LogP contribution in [-0.2, 0) is 14.8 Å². The molecular weight excluding hydrogens is 406 g/mol. The van der Waals surface area contributed by atoms with Crippen molar-refractivity contribution in [2.75, 3.05) is 26.0 Å². The van der Waals surface area contributed by atoms with Crippen molar-refractivity contribution in [3.63, 3.8) is 0 Å². The van der Waals surface area contributed by atoms with E-state index in [0.717, 1.165) is 25.5 Å². The van der Waals surface area contributed by atoms with Crippen LogP contribution in [0, 0.1) is 0 Å². The van der Waals surface area contributed by atoms with Gasteiger partial charge in [-0.05, 0) is 50.0 Å². The number of carbonyl (C=O) groups excluding carboxylic acids is 1. The molecule has 1 aromatic rings. The van der Waals surface area contributed by atoms with Crippen molar-refractivity contribution in [3.05, 3.63) is 29.8 Å². The Labute approximate surface area is 169 Å². The van der Waals surface area contributed by atoms with Crippen molar-refractivity contribution in [1.82, 2.24) is 9.62 Å². The lowest BCUT2D eigenvalue weighted by Crippen LogP contribution is -2.48. The molecule has 29 heavy (non-hydrogen) atoms. The molecule has 1 aromatic carbocycles. The molecule has 0 radical (unpaired) electrons. The summed E-state index contributed by atoms with van der Waals surface area (Å²) in [6.45, 7) is -0.251. The number of likely N-dealkylation sites (tertiary alicyclic amines) is 1. The molecule has 1 saturated heterocycles. The Kier molecular flexibility index (Phi) is 8.39. The Morgan fingerprint density at radius 1 is 1.34 bits per heavy atom. The lowest BCUT2D eigenvalue weighted by molar-refractivity contribution is -0.129. The Balaban J connectivity index is 2.10. The van der Waals surface area contributed by atoms with Gasteiger partial charge in [-0.2, -0.15) is 8.78 Å². The summed E-state index contributed by atoms with van der Waals surface area (Å²) < 4.78 is 59.9. The highest BCUT2D eigenvalue weighted by Crippen LogP contribution is 2.30. The van der Waals surface area contributed by atoms with Crippen LogP contribution in [0.1, 0.15) is 31.7 Å². The van der Waals surface area contributed by atoms with Crippen LogP contribution < -0.4 is 14.2 Å². The standard InChI is InChI=1S/C19H26F2N2O5S/c1-3-27-17-12-14(7-9-16(17)28-19(20)21)8-10-18(24)23-11-5-4-6-15(23)13-22-29(2,25)26/h7-10,12,15,19,22H,3-6,11,13H2,1-2H3/b10-8+. The van der Waals surface area contributed by atoms with E-state index in [1.165, 1.54) is 18.2 Å². The average molecular weight is 432 g/mol. The number of alkyl halides is 2. The number of ether oxygens (including phenoxy) is 2. The van der Waals surface area contributed by atoms with Gasteiger partial charge < -0.3 is 14.4 Å². The summed E-state index contributed by atoms with van der Waals surface area (Å²) in [7, 11) is -3.34. The van der Waals surface area contributed by atoms with Crippen LogP contribution in [0.15, 0.2) is 24.3 Å². The number of sulfonamides is 1. The maximum absolute atomic E-state index is 12.6. The van der Waals surface area contributed by atoms with Gasteiger partial charge in [0.05, 0.1) is 12.9 Å². The van der Waals surface area contributed by atoms with E-state index in [1.54, 1.807) is 24.0 Å². The van der Waals surface area contributed by atoms with Gasteiger partial charge in [0.1, 0.15) is 0 Å². The van der Waals surface area contributed by atoms with Crippen molar-refractivity contribution >= 4 is 22.0 Å². The smallest absolute Gasteiger partial charge is 0.387 e. The third-order valence-corrected chi connectivity index (χ3v) is 5.08. The number of piperidine rings is 1. The summed E-state index contributed by atoms with van der Waals surface area (Å²) in [5.74, 6) is -0.153. The maximum atomic E-state index is 12.6. The maximum Gasteiger partial charge on any atom is 0.387 e. The average Bonchev–Trinajstić information content (AvgIpc) is 2.65. The lowest BCUT2D eigenvalue weighted by Gasteiger charge is -2.35. The number of rotatable bonds is 9. The van der Waals surface area contributed by atoms with Gasteiger partial charge in [-0.1, -0.05) is 6.07 Å². The van der Waals surface area contributed by atoms with Gasteiger partial charge in [-0.25, -0.2) is 13.1 Å². The number of nitrogens with one attached hydrogen (secondary N) is 1. The molecule has 0 aliphatic carbocycles. The number of nitrogens with zero attached hydrogens (tertiary/aromatic N) is 1. The zero-order valence-electron chi connectivity index (χ0n) is 16.4. The molecule has 0 saturated carbocycles. The van der Waals surface area contributed by atoms with Gasteiger partial charge in [0, 0.05) is 25.2 Å². The molecule has 10 heteroatoms. The number of benzene rings is 1. The van der Waals surface area contributed by atoms with E-state index in [9.17, 15) is 22.0 Å². The molecule has 1 N–H and O–H groups in total. The fourth-order valence-electron chi connectivity index (χ4n) is 3.10. The molecule has 1 unspecified atom stereocenters. The van der Waals surface area contributed by atoms with E-state index < -0.39 is 16.6 Å². The molecule has 1 amide bonds. The zero-order chi connectivity index (χ0) is 21.4. The van der Waals surface area contributed by atoms with Crippen LogP contribution >= 0.6 is 0 Å². The molecule has 7 nitrogen and oxygen atoms in total. The second-order valence-electron chi connectivity index (χ2n) is 6.65. The first-order chi connectivity index (χ1) is 13.7. The molecule has 1 heterocycles. The number of halogens is 2. The van der Waals surface area contributed by atoms with E-state index in [4.69, 9.17) is 4.74 Å². The lowest BCUT2D eigenvalue weighted by atomic mass is 10.0. The van der Waals surface area contributed by atoms with E-state index in [1.807, 2.05) is 0 Å². The van der Waals surface area contributed by atoms with E-state index in [2.05, 4.69) is 9.46 Å². The summed E-state index contributed by atoms with van der Waals surface area (Å²) in [4.78, 5) is 14.3. The minimum absolute atomic E-state index is 0.0757. The predicted molar refractivity (Wildman–Crippen MR) is 105 cm³/mol. The molecule has 1 aliphatic heterocycles. The summed E-state index contributed by atoms with van der Waals surface area (Å²) >= 11 is 0. The summed E-state index contributed by atoms with van der Waals surface area (Å²) in [6.07, 6.45) is 6.52. The SMILES string of the molecule is CCOc1cc(/C=C/C(=O)N2CCCCC2CNS(C)(=O)=O)ccc1OC(F)F. The Morgan fingerprint density at radius 2 is 2.10 bits per heavy atom. The summed E-state index contributed by atoms with van der Waals surface area (Å²) in [5, 5.41) is 0. The first-order valence-electron chi connectivity index (χ1n) is 9.34. The highest BCUT2D eigenvalue weighted by molar-refractivity contribution is 7.88. The van der Waals surface area contributed by atoms with Crippen LogP contribution in [-0.4, -0.2) is 57.8 Å². The van der Waals surface area contributed by atoms with E-state index >= 15 is 0 Å². The fraction of sp³-hybridized carbons (Fsp3) is 0.526. The van der Waals surface area contributed by atoms with Crippen LogP contribution in [0.3, 0.4) is 0 Å². The Bertz CT molecular complexity index is 830.